The monoisotopic (exact) mass is 196 g/mol. The molecule has 1 rings (SSSR count). The Morgan fingerprint density at radius 3 is 2.86 bits per heavy atom. The molecule has 0 radical (unpaired) electrons. The third-order valence-electron chi connectivity index (χ3n) is 1.45. The number of carboxylic acid groups (broad SMARTS) is 1. The number of nitrogens with one attached hydrogen (secondary N) is 1. The molecule has 0 atom stereocenters. The molecular weight excluding hydrogens is 188 g/mol. The first-order valence-electron chi connectivity index (χ1n) is 3.68. The van der Waals surface area contributed by atoms with Crippen molar-refractivity contribution in [3.8, 4) is 0 Å². The van der Waals surface area contributed by atoms with Crippen molar-refractivity contribution in [1.82, 2.24) is 10.5 Å². The van der Waals surface area contributed by atoms with Gasteiger partial charge >= 0.3 is 5.97 Å². The summed E-state index contributed by atoms with van der Waals surface area (Å²) in [5.41, 5.74) is 1.65. The summed E-state index contributed by atoms with van der Waals surface area (Å²) in [6.45, 7) is 0. The van der Waals surface area contributed by atoms with Crippen molar-refractivity contribution in [2.75, 3.05) is 7.11 Å². The van der Waals surface area contributed by atoms with Gasteiger partial charge in [0.1, 0.15) is 5.69 Å². The second kappa shape index (κ2) is 4.33. The van der Waals surface area contributed by atoms with Gasteiger partial charge in [0, 0.05) is 6.20 Å². The first kappa shape index (κ1) is 10.1. The van der Waals surface area contributed by atoms with Crippen LogP contribution >= 0.6 is 0 Å². The summed E-state index contributed by atoms with van der Waals surface area (Å²) in [6, 6.07) is 2.73. The maximum atomic E-state index is 11.2. The van der Waals surface area contributed by atoms with Gasteiger partial charge in [0.05, 0.1) is 12.7 Å². The van der Waals surface area contributed by atoms with Crippen LogP contribution in [0.2, 0.25) is 0 Å². The lowest BCUT2D eigenvalue weighted by atomic mass is 10.2. The largest absolute Gasteiger partial charge is 0.478 e. The number of nitrogens with zero attached hydrogens (tertiary/aromatic N) is 1. The van der Waals surface area contributed by atoms with Gasteiger partial charge in [-0.3, -0.25) is 14.6 Å². The van der Waals surface area contributed by atoms with Gasteiger partial charge in [-0.05, 0) is 12.1 Å². The highest BCUT2D eigenvalue weighted by Crippen LogP contribution is 2.04. The summed E-state index contributed by atoms with van der Waals surface area (Å²) in [5.74, 6) is -1.90. The summed E-state index contributed by atoms with van der Waals surface area (Å²) in [4.78, 5) is 29.9. The quantitative estimate of drug-likeness (QED) is 0.668. The Bertz CT molecular complexity index is 364. The van der Waals surface area contributed by atoms with Crippen LogP contribution in [-0.2, 0) is 4.84 Å². The Morgan fingerprint density at radius 2 is 2.29 bits per heavy atom. The zero-order chi connectivity index (χ0) is 10.6. The molecular formula is C8H8N2O4. The Kier molecular flexibility index (Phi) is 3.14. The summed E-state index contributed by atoms with van der Waals surface area (Å²) in [6.07, 6.45) is 1.33. The van der Waals surface area contributed by atoms with E-state index in [1.165, 1.54) is 25.4 Å². The molecule has 2 N–H and O–H groups in total. The number of rotatable bonds is 3. The van der Waals surface area contributed by atoms with Crippen molar-refractivity contribution in [2.24, 2.45) is 0 Å². The molecule has 1 aromatic heterocycles. The molecule has 0 aliphatic heterocycles. The lowest BCUT2D eigenvalue weighted by Crippen LogP contribution is -2.25. The molecule has 0 bridgehead atoms. The van der Waals surface area contributed by atoms with Gasteiger partial charge in [-0.1, -0.05) is 0 Å². The minimum atomic E-state index is -1.21. The Morgan fingerprint density at radius 1 is 1.57 bits per heavy atom. The Hall–Kier alpha value is -1.95. The fourth-order valence-electron chi connectivity index (χ4n) is 0.900. The van der Waals surface area contributed by atoms with E-state index in [1.807, 2.05) is 5.48 Å². The highest BCUT2D eigenvalue weighted by atomic mass is 16.6. The van der Waals surface area contributed by atoms with Gasteiger partial charge in [0.25, 0.3) is 5.91 Å². The highest BCUT2D eigenvalue weighted by molar-refractivity contribution is 6.02. The smallest absolute Gasteiger partial charge is 0.338 e. The maximum Gasteiger partial charge on any atom is 0.338 e. The number of hydrogen-bond acceptors (Lipinski definition) is 4. The molecule has 74 valence electrons. The highest BCUT2D eigenvalue weighted by Gasteiger charge is 2.16. The topological polar surface area (TPSA) is 88.5 Å². The molecule has 14 heavy (non-hydrogen) atoms. The lowest BCUT2D eigenvalue weighted by molar-refractivity contribution is 0.0523. The summed E-state index contributed by atoms with van der Waals surface area (Å²) in [7, 11) is 1.25. The van der Waals surface area contributed by atoms with E-state index in [4.69, 9.17) is 5.11 Å². The van der Waals surface area contributed by atoms with Crippen LogP contribution in [0.1, 0.15) is 20.8 Å². The third kappa shape index (κ3) is 2.05. The number of aromatic carboxylic acids is 1. The number of hydrogen-bond donors (Lipinski definition) is 2. The van der Waals surface area contributed by atoms with E-state index in [2.05, 4.69) is 9.82 Å². The van der Waals surface area contributed by atoms with Gasteiger partial charge in [0.2, 0.25) is 0 Å². The SMILES string of the molecule is CONC(=O)c1ncccc1C(=O)O. The second-order valence-corrected chi connectivity index (χ2v) is 2.34. The molecule has 0 saturated carbocycles. The number of hydroxylamine groups is 1. The fourth-order valence-corrected chi connectivity index (χ4v) is 0.900. The molecule has 0 spiro atoms. The van der Waals surface area contributed by atoms with E-state index in [0.29, 0.717) is 0 Å². The second-order valence-electron chi connectivity index (χ2n) is 2.34. The van der Waals surface area contributed by atoms with Crippen LogP contribution in [0.25, 0.3) is 0 Å². The third-order valence-corrected chi connectivity index (χ3v) is 1.45. The number of carboxylic acids is 1. The number of aromatic nitrogens is 1. The maximum absolute atomic E-state index is 11.2. The van der Waals surface area contributed by atoms with Crippen LogP contribution in [0.4, 0.5) is 0 Å². The molecule has 1 amide bonds. The summed E-state index contributed by atoms with van der Waals surface area (Å²) >= 11 is 0. The normalized spacial score (nSPS) is 9.50. The van der Waals surface area contributed by atoms with Gasteiger partial charge in [-0.2, -0.15) is 0 Å². The van der Waals surface area contributed by atoms with Crippen LogP contribution in [0.3, 0.4) is 0 Å². The number of amides is 1. The minimum Gasteiger partial charge on any atom is -0.478 e. The van der Waals surface area contributed by atoms with Crippen molar-refractivity contribution < 1.29 is 19.5 Å². The zero-order valence-corrected chi connectivity index (χ0v) is 7.35. The van der Waals surface area contributed by atoms with Crippen molar-refractivity contribution in [1.29, 1.82) is 0 Å². The summed E-state index contributed by atoms with van der Waals surface area (Å²) < 4.78 is 0. The molecule has 0 aromatic carbocycles. The molecule has 0 aliphatic carbocycles. The van der Waals surface area contributed by atoms with Gasteiger partial charge in [0.15, 0.2) is 0 Å². The number of carbonyl (C=O) groups excluding carboxylic acids is 1. The predicted octanol–water partition coefficient (Wildman–Crippen LogP) is 0.0710. The van der Waals surface area contributed by atoms with E-state index in [9.17, 15) is 9.59 Å². The number of pyridine rings is 1. The summed E-state index contributed by atoms with van der Waals surface area (Å²) in [5, 5.41) is 8.72. The fraction of sp³-hybridized carbons (Fsp3) is 0.125. The average molecular weight is 196 g/mol. The standard InChI is InChI=1S/C8H8N2O4/c1-14-10-7(11)6-5(8(12)13)3-2-4-9-6/h2-4H,1H3,(H,10,11)(H,12,13). The van der Waals surface area contributed by atoms with E-state index in [0.717, 1.165) is 0 Å². The van der Waals surface area contributed by atoms with Crippen LogP contribution < -0.4 is 5.48 Å². The van der Waals surface area contributed by atoms with E-state index in [1.54, 1.807) is 0 Å². The van der Waals surface area contributed by atoms with Gasteiger partial charge in [-0.25, -0.2) is 10.3 Å². The molecule has 1 heterocycles. The molecule has 0 fully saturated rings. The molecule has 1 aromatic rings. The van der Waals surface area contributed by atoms with Gasteiger partial charge < -0.3 is 5.11 Å². The van der Waals surface area contributed by atoms with Crippen molar-refractivity contribution in [2.45, 2.75) is 0 Å². The van der Waals surface area contributed by atoms with Crippen molar-refractivity contribution >= 4 is 11.9 Å². The molecule has 6 nitrogen and oxygen atoms in total. The molecule has 0 unspecified atom stereocenters. The Balaban J connectivity index is 3.07. The predicted molar refractivity (Wildman–Crippen MR) is 45.7 cm³/mol. The van der Waals surface area contributed by atoms with Crippen molar-refractivity contribution in [3.05, 3.63) is 29.6 Å². The Labute approximate surface area is 79.5 Å². The number of carbonyl (C=O) groups is 2. The van der Waals surface area contributed by atoms with Crippen LogP contribution in [0.5, 0.6) is 0 Å². The lowest BCUT2D eigenvalue weighted by Gasteiger charge is -2.03. The first-order valence-corrected chi connectivity index (χ1v) is 3.68. The minimum absolute atomic E-state index is 0.165. The zero-order valence-electron chi connectivity index (χ0n) is 7.35. The van der Waals surface area contributed by atoms with E-state index >= 15 is 0 Å². The van der Waals surface area contributed by atoms with Crippen LogP contribution in [-0.4, -0.2) is 29.1 Å². The molecule has 0 saturated heterocycles. The molecule has 0 aliphatic rings. The van der Waals surface area contributed by atoms with Gasteiger partial charge in [-0.15, -0.1) is 0 Å². The average Bonchev–Trinajstić information content (AvgIpc) is 2.18. The molecule has 6 heteroatoms. The first-order chi connectivity index (χ1) is 6.66. The van der Waals surface area contributed by atoms with Crippen LogP contribution in [0, 0.1) is 0 Å². The van der Waals surface area contributed by atoms with Crippen molar-refractivity contribution in [3.63, 3.8) is 0 Å². The van der Waals surface area contributed by atoms with E-state index in [-0.39, 0.29) is 11.3 Å². The van der Waals surface area contributed by atoms with Crippen LogP contribution in [0.15, 0.2) is 18.3 Å². The van der Waals surface area contributed by atoms with E-state index < -0.39 is 11.9 Å².